The van der Waals surface area contributed by atoms with Crippen LogP contribution in [-0.2, 0) is 0 Å². The Kier molecular flexibility index (Phi) is 4.26. The highest BCUT2D eigenvalue weighted by molar-refractivity contribution is 6.01. The van der Waals surface area contributed by atoms with Crippen LogP contribution in [0.25, 0.3) is 0 Å². The molecule has 0 radical (unpaired) electrons. The van der Waals surface area contributed by atoms with E-state index in [9.17, 15) is 14.9 Å². The molecule has 114 valence electrons. The van der Waals surface area contributed by atoms with Gasteiger partial charge in [-0.2, -0.15) is 0 Å². The highest BCUT2D eigenvalue weighted by Crippen LogP contribution is 2.25. The second-order valence-electron chi connectivity index (χ2n) is 4.86. The molecule has 2 aromatic rings. The summed E-state index contributed by atoms with van der Waals surface area (Å²) in [5.74, 6) is 0. The number of hydrogen-bond acceptors (Lipinski definition) is 4. The van der Waals surface area contributed by atoms with Crippen molar-refractivity contribution in [1.82, 2.24) is 0 Å². The lowest BCUT2D eigenvalue weighted by molar-refractivity contribution is -0.385. The van der Waals surface area contributed by atoms with Gasteiger partial charge in [-0.15, -0.1) is 0 Å². The number of nitrogen functional groups attached to an aromatic ring is 1. The zero-order valence-corrected chi connectivity index (χ0v) is 12.2. The molecule has 0 spiro atoms. The van der Waals surface area contributed by atoms with Crippen LogP contribution >= 0.6 is 0 Å². The molecule has 2 rings (SSSR count). The Labute approximate surface area is 127 Å². The molecule has 0 aliphatic carbocycles. The monoisotopic (exact) mass is 300 g/mol. The molecule has 2 aromatic carbocycles. The lowest BCUT2D eigenvalue weighted by Gasteiger charge is -2.12. The van der Waals surface area contributed by atoms with Crippen molar-refractivity contribution in [3.63, 3.8) is 0 Å². The number of aryl methyl sites for hydroxylation is 1. The smallest absolute Gasteiger partial charge is 0.323 e. The number of carbonyl (C=O) groups excluding carboxylic acids is 1. The van der Waals surface area contributed by atoms with Crippen molar-refractivity contribution in [3.05, 3.63) is 57.6 Å². The number of rotatable bonds is 3. The first-order valence-electron chi connectivity index (χ1n) is 6.56. The zero-order valence-electron chi connectivity index (χ0n) is 12.2. The average molecular weight is 300 g/mol. The Morgan fingerprint density at radius 3 is 2.50 bits per heavy atom. The number of carbonyl (C=O) groups is 1. The van der Waals surface area contributed by atoms with Gasteiger partial charge in [0.2, 0.25) is 0 Å². The molecule has 4 N–H and O–H groups in total. The first kappa shape index (κ1) is 15.3. The molecule has 7 nitrogen and oxygen atoms in total. The predicted octanol–water partition coefficient (Wildman–Crippen LogP) is 3.44. The van der Waals surface area contributed by atoms with Gasteiger partial charge < -0.3 is 16.4 Å². The van der Waals surface area contributed by atoms with Gasteiger partial charge in [-0.05, 0) is 37.6 Å². The van der Waals surface area contributed by atoms with Crippen molar-refractivity contribution in [2.45, 2.75) is 13.8 Å². The second-order valence-corrected chi connectivity index (χ2v) is 4.86. The number of nitrogens with two attached hydrogens (primary N) is 1. The van der Waals surface area contributed by atoms with Gasteiger partial charge >= 0.3 is 6.03 Å². The number of anilines is 3. The van der Waals surface area contributed by atoms with Gasteiger partial charge in [0, 0.05) is 17.4 Å². The SMILES string of the molecule is Cc1ccc(N)cc1NC(=O)Nc1cccc([N+](=O)[O-])c1C. The summed E-state index contributed by atoms with van der Waals surface area (Å²) in [6.07, 6.45) is 0. The largest absolute Gasteiger partial charge is 0.399 e. The number of urea groups is 1. The molecule has 22 heavy (non-hydrogen) atoms. The van der Waals surface area contributed by atoms with E-state index in [1.54, 1.807) is 31.2 Å². The van der Waals surface area contributed by atoms with E-state index in [0.717, 1.165) is 5.56 Å². The molecule has 0 atom stereocenters. The molecule has 2 amide bonds. The lowest BCUT2D eigenvalue weighted by atomic mass is 10.1. The Bertz CT molecular complexity index is 744. The van der Waals surface area contributed by atoms with Crippen LogP contribution in [0.15, 0.2) is 36.4 Å². The number of nitro benzene ring substituents is 1. The number of amides is 2. The van der Waals surface area contributed by atoms with Crippen LogP contribution in [0.2, 0.25) is 0 Å². The van der Waals surface area contributed by atoms with Gasteiger partial charge in [0.15, 0.2) is 0 Å². The lowest BCUT2D eigenvalue weighted by Crippen LogP contribution is -2.20. The fraction of sp³-hybridized carbons (Fsp3) is 0.133. The summed E-state index contributed by atoms with van der Waals surface area (Å²) in [5.41, 5.74) is 8.40. The first-order valence-corrected chi connectivity index (χ1v) is 6.56. The van der Waals surface area contributed by atoms with Crippen LogP contribution in [-0.4, -0.2) is 11.0 Å². The summed E-state index contributed by atoms with van der Waals surface area (Å²) in [7, 11) is 0. The van der Waals surface area contributed by atoms with E-state index in [0.29, 0.717) is 22.6 Å². The summed E-state index contributed by atoms with van der Waals surface area (Å²) in [4.78, 5) is 22.5. The van der Waals surface area contributed by atoms with Gasteiger partial charge in [0.05, 0.1) is 16.2 Å². The fourth-order valence-corrected chi connectivity index (χ4v) is 2.01. The third-order valence-electron chi connectivity index (χ3n) is 3.26. The normalized spacial score (nSPS) is 10.1. The van der Waals surface area contributed by atoms with E-state index in [2.05, 4.69) is 10.6 Å². The maximum atomic E-state index is 12.0. The van der Waals surface area contributed by atoms with Crippen LogP contribution in [0.1, 0.15) is 11.1 Å². The topological polar surface area (TPSA) is 110 Å². The number of nitrogens with zero attached hydrogens (tertiary/aromatic N) is 1. The average Bonchev–Trinajstić information content (AvgIpc) is 2.45. The number of nitrogens with one attached hydrogen (secondary N) is 2. The minimum absolute atomic E-state index is 0.0436. The molecule has 0 fully saturated rings. The fourth-order valence-electron chi connectivity index (χ4n) is 2.01. The quantitative estimate of drug-likeness (QED) is 0.458. The molecule has 0 bridgehead atoms. The van der Waals surface area contributed by atoms with Crippen molar-refractivity contribution in [1.29, 1.82) is 0 Å². The van der Waals surface area contributed by atoms with Crippen LogP contribution in [0.5, 0.6) is 0 Å². The molecule has 7 heteroatoms. The minimum atomic E-state index is -0.489. The highest BCUT2D eigenvalue weighted by Gasteiger charge is 2.15. The Morgan fingerprint density at radius 1 is 1.14 bits per heavy atom. The molecule has 0 heterocycles. The Hall–Kier alpha value is -3.09. The maximum Gasteiger partial charge on any atom is 0.323 e. The van der Waals surface area contributed by atoms with Crippen LogP contribution < -0.4 is 16.4 Å². The van der Waals surface area contributed by atoms with Gasteiger partial charge in [-0.25, -0.2) is 4.79 Å². The number of benzene rings is 2. The van der Waals surface area contributed by atoms with Crippen molar-refractivity contribution in [3.8, 4) is 0 Å². The van der Waals surface area contributed by atoms with E-state index in [1.165, 1.54) is 12.1 Å². The summed E-state index contributed by atoms with van der Waals surface area (Å²) in [5, 5.41) is 16.2. The summed E-state index contributed by atoms with van der Waals surface area (Å²) >= 11 is 0. The van der Waals surface area contributed by atoms with E-state index in [1.807, 2.05) is 6.92 Å². The zero-order chi connectivity index (χ0) is 16.3. The van der Waals surface area contributed by atoms with Gasteiger partial charge in [0.1, 0.15) is 0 Å². The molecular formula is C15H16N4O3. The Balaban J connectivity index is 2.18. The van der Waals surface area contributed by atoms with Crippen LogP contribution in [0, 0.1) is 24.0 Å². The number of nitro groups is 1. The van der Waals surface area contributed by atoms with Crippen LogP contribution in [0.4, 0.5) is 27.5 Å². The standard InChI is InChI=1S/C15H16N4O3/c1-9-6-7-11(16)8-13(9)18-15(20)17-12-4-3-5-14(10(12)2)19(21)22/h3-8H,16H2,1-2H3,(H2,17,18,20). The van der Waals surface area contributed by atoms with Crippen LogP contribution in [0.3, 0.4) is 0 Å². The minimum Gasteiger partial charge on any atom is -0.399 e. The van der Waals surface area contributed by atoms with E-state index in [4.69, 9.17) is 5.73 Å². The summed E-state index contributed by atoms with van der Waals surface area (Å²) < 4.78 is 0. The third-order valence-corrected chi connectivity index (χ3v) is 3.26. The summed E-state index contributed by atoms with van der Waals surface area (Å²) in [6.45, 7) is 3.42. The van der Waals surface area contributed by atoms with E-state index >= 15 is 0 Å². The third kappa shape index (κ3) is 3.32. The highest BCUT2D eigenvalue weighted by atomic mass is 16.6. The molecule has 0 unspecified atom stereocenters. The van der Waals surface area contributed by atoms with Crippen molar-refractivity contribution < 1.29 is 9.72 Å². The van der Waals surface area contributed by atoms with Gasteiger partial charge in [-0.1, -0.05) is 12.1 Å². The second kappa shape index (κ2) is 6.13. The van der Waals surface area contributed by atoms with Crippen molar-refractivity contribution in [2.75, 3.05) is 16.4 Å². The molecule has 0 saturated carbocycles. The molecule has 0 saturated heterocycles. The maximum absolute atomic E-state index is 12.0. The van der Waals surface area contributed by atoms with E-state index < -0.39 is 11.0 Å². The van der Waals surface area contributed by atoms with E-state index in [-0.39, 0.29) is 5.69 Å². The first-order chi connectivity index (χ1) is 10.4. The molecule has 0 aromatic heterocycles. The molecular weight excluding hydrogens is 284 g/mol. The summed E-state index contributed by atoms with van der Waals surface area (Å²) in [6, 6.07) is 9.21. The predicted molar refractivity (Wildman–Crippen MR) is 86.1 cm³/mol. The Morgan fingerprint density at radius 2 is 1.82 bits per heavy atom. The molecule has 0 aliphatic heterocycles. The van der Waals surface area contributed by atoms with Gasteiger partial charge in [-0.3, -0.25) is 10.1 Å². The number of hydrogen-bond donors (Lipinski definition) is 3. The van der Waals surface area contributed by atoms with Crippen molar-refractivity contribution >= 4 is 28.8 Å². The van der Waals surface area contributed by atoms with Gasteiger partial charge in [0.25, 0.3) is 5.69 Å². The van der Waals surface area contributed by atoms with Crippen molar-refractivity contribution in [2.24, 2.45) is 0 Å². The molecule has 0 aliphatic rings.